The van der Waals surface area contributed by atoms with Crippen molar-refractivity contribution < 1.29 is 0 Å². The maximum Gasteiger partial charge on any atom is 0.0951 e. The second-order valence-corrected chi connectivity index (χ2v) is 5.12. The van der Waals surface area contributed by atoms with E-state index < -0.39 is 0 Å². The Hall–Kier alpha value is -0.870. The van der Waals surface area contributed by atoms with Gasteiger partial charge < -0.3 is 10.3 Å². The van der Waals surface area contributed by atoms with Crippen LogP contribution in [-0.2, 0) is 0 Å². The van der Waals surface area contributed by atoms with Crippen LogP contribution in [0.4, 0.5) is 0 Å². The Morgan fingerprint density at radius 3 is 3.06 bits per heavy atom. The first-order chi connectivity index (χ1) is 7.77. The molecule has 0 spiro atoms. The molecule has 1 aromatic heterocycles. The average Bonchev–Trinajstić information content (AvgIpc) is 2.92. The van der Waals surface area contributed by atoms with Crippen LogP contribution in [0.3, 0.4) is 0 Å². The first-order valence-electron chi connectivity index (χ1n) is 6.28. The number of imidazole rings is 1. The zero-order chi connectivity index (χ0) is 11.1. The zero-order valence-corrected chi connectivity index (χ0v) is 9.84. The largest absolute Gasteiger partial charge is 0.328 e. The van der Waals surface area contributed by atoms with Gasteiger partial charge in [0.05, 0.1) is 18.1 Å². The molecule has 2 fully saturated rings. The third-order valence-electron chi connectivity index (χ3n) is 4.09. The lowest BCUT2D eigenvalue weighted by molar-refractivity contribution is 0.287. The molecule has 0 radical (unpaired) electrons. The lowest BCUT2D eigenvalue weighted by atomic mass is 10.1. The summed E-state index contributed by atoms with van der Waals surface area (Å²) in [5.41, 5.74) is 7.17. The predicted molar refractivity (Wildman–Crippen MR) is 63.1 cm³/mol. The lowest BCUT2D eigenvalue weighted by Gasteiger charge is -2.24. The molecule has 4 heteroatoms. The van der Waals surface area contributed by atoms with Crippen LogP contribution >= 0.6 is 0 Å². The monoisotopic (exact) mass is 220 g/mol. The van der Waals surface area contributed by atoms with E-state index in [0.717, 1.165) is 6.04 Å². The Bertz CT molecular complexity index is 371. The van der Waals surface area contributed by atoms with Crippen molar-refractivity contribution in [3.8, 4) is 0 Å². The van der Waals surface area contributed by atoms with Gasteiger partial charge in [-0.25, -0.2) is 4.98 Å². The number of nitrogens with zero attached hydrogens (tertiary/aromatic N) is 3. The van der Waals surface area contributed by atoms with Crippen molar-refractivity contribution >= 4 is 0 Å². The van der Waals surface area contributed by atoms with Gasteiger partial charge in [-0.2, -0.15) is 0 Å². The van der Waals surface area contributed by atoms with E-state index in [1.165, 1.54) is 38.0 Å². The molecular weight excluding hydrogens is 200 g/mol. The number of nitrogens with two attached hydrogens (primary N) is 1. The predicted octanol–water partition coefficient (Wildman–Crippen LogP) is 1.31. The topological polar surface area (TPSA) is 47.1 Å². The number of fused-ring (bicyclic) bond motifs is 1. The van der Waals surface area contributed by atoms with Gasteiger partial charge in [-0.15, -0.1) is 0 Å². The van der Waals surface area contributed by atoms with E-state index >= 15 is 0 Å². The first kappa shape index (κ1) is 10.3. The fourth-order valence-electron chi connectivity index (χ4n) is 3.32. The normalized spacial score (nSPS) is 31.9. The third-order valence-corrected chi connectivity index (χ3v) is 4.09. The Balaban J connectivity index is 1.89. The minimum absolute atomic E-state index is 0.0814. The molecule has 2 unspecified atom stereocenters. The highest BCUT2D eigenvalue weighted by atomic mass is 15.3. The van der Waals surface area contributed by atoms with Crippen LogP contribution < -0.4 is 5.73 Å². The van der Waals surface area contributed by atoms with Crippen LogP contribution in [0, 0.1) is 0 Å². The standard InChI is InChI=1S/C12H20N4/c1-9(13)12-7-14-8-16(12)11-4-6-15-5-2-3-10(11)15/h7-11H,2-6,13H2,1H3/t9-,10?,11?/m1/s1. The van der Waals surface area contributed by atoms with Crippen LogP contribution in [-0.4, -0.2) is 33.6 Å². The van der Waals surface area contributed by atoms with Gasteiger partial charge in [-0.3, -0.25) is 4.90 Å². The van der Waals surface area contributed by atoms with Crippen molar-refractivity contribution in [3.63, 3.8) is 0 Å². The number of rotatable bonds is 2. The lowest BCUT2D eigenvalue weighted by Crippen LogP contribution is -2.28. The van der Waals surface area contributed by atoms with E-state index in [-0.39, 0.29) is 6.04 Å². The van der Waals surface area contributed by atoms with Crippen molar-refractivity contribution in [2.45, 2.75) is 44.3 Å². The molecule has 2 aliphatic heterocycles. The molecule has 0 amide bonds. The molecule has 16 heavy (non-hydrogen) atoms. The molecule has 3 atom stereocenters. The van der Waals surface area contributed by atoms with Crippen molar-refractivity contribution in [2.75, 3.05) is 13.1 Å². The zero-order valence-electron chi connectivity index (χ0n) is 9.84. The number of hydrogen-bond donors (Lipinski definition) is 1. The number of aromatic nitrogens is 2. The molecule has 1 aromatic rings. The molecule has 3 rings (SSSR count). The summed E-state index contributed by atoms with van der Waals surface area (Å²) >= 11 is 0. The molecule has 0 saturated carbocycles. The third kappa shape index (κ3) is 1.48. The van der Waals surface area contributed by atoms with Gasteiger partial charge >= 0.3 is 0 Å². The van der Waals surface area contributed by atoms with Gasteiger partial charge in [0.1, 0.15) is 0 Å². The van der Waals surface area contributed by atoms with Crippen molar-refractivity contribution in [1.29, 1.82) is 0 Å². The molecule has 0 bridgehead atoms. The summed E-state index contributed by atoms with van der Waals surface area (Å²) in [6.07, 6.45) is 7.82. The van der Waals surface area contributed by atoms with Gasteiger partial charge in [0.15, 0.2) is 0 Å². The molecule has 2 aliphatic rings. The van der Waals surface area contributed by atoms with Crippen molar-refractivity contribution in [2.24, 2.45) is 5.73 Å². The molecule has 0 aromatic carbocycles. The van der Waals surface area contributed by atoms with Gasteiger partial charge in [0, 0.05) is 24.8 Å². The van der Waals surface area contributed by atoms with Crippen LogP contribution in [0.25, 0.3) is 0 Å². The van der Waals surface area contributed by atoms with E-state index in [1.54, 1.807) is 0 Å². The molecule has 4 nitrogen and oxygen atoms in total. The van der Waals surface area contributed by atoms with Crippen molar-refractivity contribution in [1.82, 2.24) is 14.5 Å². The highest BCUT2D eigenvalue weighted by Gasteiger charge is 2.38. The fourth-order valence-corrected chi connectivity index (χ4v) is 3.32. The van der Waals surface area contributed by atoms with Crippen LogP contribution in [0.2, 0.25) is 0 Å². The summed E-state index contributed by atoms with van der Waals surface area (Å²) in [4.78, 5) is 6.89. The van der Waals surface area contributed by atoms with Gasteiger partial charge in [0.25, 0.3) is 0 Å². The molecule has 3 heterocycles. The highest BCUT2D eigenvalue weighted by Crippen LogP contribution is 2.37. The van der Waals surface area contributed by atoms with E-state index in [1.807, 2.05) is 19.4 Å². The van der Waals surface area contributed by atoms with E-state index in [0.29, 0.717) is 6.04 Å². The Labute approximate surface area is 96.4 Å². The SMILES string of the molecule is C[C@@H](N)c1cncn1C1CCN2CCCC12. The smallest absolute Gasteiger partial charge is 0.0951 e. The summed E-state index contributed by atoms with van der Waals surface area (Å²) in [6, 6.07) is 1.41. The van der Waals surface area contributed by atoms with Crippen molar-refractivity contribution in [3.05, 3.63) is 18.2 Å². The van der Waals surface area contributed by atoms with E-state index in [9.17, 15) is 0 Å². The minimum Gasteiger partial charge on any atom is -0.328 e. The maximum absolute atomic E-state index is 5.99. The molecule has 2 N–H and O–H groups in total. The molecule has 88 valence electrons. The Morgan fingerprint density at radius 1 is 1.38 bits per heavy atom. The molecule has 0 aliphatic carbocycles. The second-order valence-electron chi connectivity index (χ2n) is 5.12. The van der Waals surface area contributed by atoms with E-state index in [4.69, 9.17) is 5.73 Å². The second kappa shape index (κ2) is 3.86. The summed E-state index contributed by atoms with van der Waals surface area (Å²) in [7, 11) is 0. The first-order valence-corrected chi connectivity index (χ1v) is 6.28. The Kier molecular flexibility index (Phi) is 2.48. The summed E-state index contributed by atoms with van der Waals surface area (Å²) in [5, 5.41) is 0. The van der Waals surface area contributed by atoms with Gasteiger partial charge in [-0.05, 0) is 32.7 Å². The Morgan fingerprint density at radius 2 is 2.25 bits per heavy atom. The van der Waals surface area contributed by atoms with Gasteiger partial charge in [-0.1, -0.05) is 0 Å². The molecular formula is C12H20N4. The quantitative estimate of drug-likeness (QED) is 0.817. The summed E-state index contributed by atoms with van der Waals surface area (Å²) in [6.45, 7) is 4.56. The highest BCUT2D eigenvalue weighted by molar-refractivity contribution is 5.08. The van der Waals surface area contributed by atoms with Crippen LogP contribution in [0.1, 0.15) is 44.0 Å². The minimum atomic E-state index is 0.0814. The maximum atomic E-state index is 5.99. The summed E-state index contributed by atoms with van der Waals surface area (Å²) in [5.74, 6) is 0. The fraction of sp³-hybridized carbons (Fsp3) is 0.750. The van der Waals surface area contributed by atoms with Crippen LogP contribution in [0.5, 0.6) is 0 Å². The van der Waals surface area contributed by atoms with E-state index in [2.05, 4.69) is 14.5 Å². The van der Waals surface area contributed by atoms with Gasteiger partial charge in [0.2, 0.25) is 0 Å². The molecule has 2 saturated heterocycles. The number of hydrogen-bond acceptors (Lipinski definition) is 3. The average molecular weight is 220 g/mol. The summed E-state index contributed by atoms with van der Waals surface area (Å²) < 4.78 is 2.32. The van der Waals surface area contributed by atoms with Crippen LogP contribution in [0.15, 0.2) is 12.5 Å².